The van der Waals surface area contributed by atoms with Crippen molar-refractivity contribution in [2.75, 3.05) is 13.1 Å². The number of carbonyl (C=O) groups excluding carboxylic acids is 1. The van der Waals surface area contributed by atoms with Crippen LogP contribution in [0.2, 0.25) is 0 Å². The predicted molar refractivity (Wildman–Crippen MR) is 79.4 cm³/mol. The molecular formula is C15H18N4O3. The Hall–Kier alpha value is -2.70. The Morgan fingerprint density at radius 2 is 2.00 bits per heavy atom. The molecule has 1 heterocycles. The van der Waals surface area contributed by atoms with Crippen LogP contribution in [0.4, 0.5) is 0 Å². The normalized spacial score (nSPS) is 10.4. The number of hydrogen-bond donors (Lipinski definition) is 1. The first-order chi connectivity index (χ1) is 10.6. The first kappa shape index (κ1) is 15.7. The fraction of sp³-hybridized carbons (Fsp3) is 0.333. The largest absolute Gasteiger partial charge is 0.481 e. The van der Waals surface area contributed by atoms with Gasteiger partial charge in [0.15, 0.2) is 5.69 Å². The minimum atomic E-state index is -0.931. The molecule has 0 unspecified atom stereocenters. The van der Waals surface area contributed by atoms with Crippen molar-refractivity contribution in [3.05, 3.63) is 47.8 Å². The molecule has 22 heavy (non-hydrogen) atoms. The molecule has 0 aliphatic rings. The zero-order valence-corrected chi connectivity index (χ0v) is 12.3. The van der Waals surface area contributed by atoms with E-state index in [9.17, 15) is 9.59 Å². The van der Waals surface area contributed by atoms with Crippen molar-refractivity contribution in [1.29, 1.82) is 0 Å². The van der Waals surface area contributed by atoms with Crippen molar-refractivity contribution in [2.24, 2.45) is 0 Å². The van der Waals surface area contributed by atoms with Gasteiger partial charge in [-0.2, -0.15) is 0 Å². The van der Waals surface area contributed by atoms with Gasteiger partial charge in [0.25, 0.3) is 5.91 Å². The molecule has 0 aliphatic heterocycles. The lowest BCUT2D eigenvalue weighted by molar-refractivity contribution is -0.137. The van der Waals surface area contributed by atoms with Crippen LogP contribution in [0.3, 0.4) is 0 Å². The summed E-state index contributed by atoms with van der Waals surface area (Å²) in [6.07, 6.45) is 1.50. The molecule has 0 aliphatic carbocycles. The van der Waals surface area contributed by atoms with Crippen molar-refractivity contribution in [3.8, 4) is 0 Å². The van der Waals surface area contributed by atoms with Gasteiger partial charge in [-0.25, -0.2) is 4.68 Å². The molecule has 0 fully saturated rings. The van der Waals surface area contributed by atoms with E-state index in [-0.39, 0.29) is 24.6 Å². The Labute approximate surface area is 128 Å². The van der Waals surface area contributed by atoms with Crippen molar-refractivity contribution in [3.63, 3.8) is 0 Å². The molecule has 2 rings (SSSR count). The molecule has 0 radical (unpaired) electrons. The summed E-state index contributed by atoms with van der Waals surface area (Å²) in [5, 5.41) is 16.5. The van der Waals surface area contributed by atoms with E-state index in [4.69, 9.17) is 5.11 Å². The van der Waals surface area contributed by atoms with E-state index in [1.54, 1.807) is 17.8 Å². The molecule has 2 aromatic rings. The number of hydrogen-bond acceptors (Lipinski definition) is 4. The Kier molecular flexibility index (Phi) is 5.24. The maximum atomic E-state index is 12.3. The highest BCUT2D eigenvalue weighted by atomic mass is 16.4. The number of amides is 1. The molecule has 1 amide bonds. The topological polar surface area (TPSA) is 88.3 Å². The van der Waals surface area contributed by atoms with E-state index in [0.29, 0.717) is 13.1 Å². The summed E-state index contributed by atoms with van der Waals surface area (Å²) in [4.78, 5) is 24.3. The summed E-state index contributed by atoms with van der Waals surface area (Å²) >= 11 is 0. The van der Waals surface area contributed by atoms with Crippen LogP contribution in [0, 0.1) is 0 Å². The summed E-state index contributed by atoms with van der Waals surface area (Å²) in [6, 6.07) is 9.73. The van der Waals surface area contributed by atoms with Crippen LogP contribution >= 0.6 is 0 Å². The SMILES string of the molecule is CCN(CCC(=O)O)C(=O)c1cn(Cc2ccccc2)nn1. The molecule has 7 heteroatoms. The summed E-state index contributed by atoms with van der Waals surface area (Å²) in [6.45, 7) is 2.92. The number of carboxylic acids is 1. The summed E-state index contributed by atoms with van der Waals surface area (Å²) < 4.78 is 1.59. The van der Waals surface area contributed by atoms with E-state index >= 15 is 0 Å². The lowest BCUT2D eigenvalue weighted by Crippen LogP contribution is -2.33. The maximum Gasteiger partial charge on any atom is 0.305 e. The van der Waals surface area contributed by atoms with Gasteiger partial charge in [0, 0.05) is 13.1 Å². The number of aliphatic carboxylic acids is 1. The van der Waals surface area contributed by atoms with E-state index in [1.807, 2.05) is 30.3 Å². The van der Waals surface area contributed by atoms with Gasteiger partial charge in [-0.05, 0) is 12.5 Å². The number of rotatable bonds is 7. The molecule has 1 N–H and O–H groups in total. The summed E-state index contributed by atoms with van der Waals surface area (Å²) in [5.74, 6) is -1.23. The summed E-state index contributed by atoms with van der Waals surface area (Å²) in [7, 11) is 0. The number of carboxylic acid groups (broad SMARTS) is 1. The maximum absolute atomic E-state index is 12.3. The molecule has 0 saturated heterocycles. The third-order valence-electron chi connectivity index (χ3n) is 3.21. The average molecular weight is 302 g/mol. The Morgan fingerprint density at radius 3 is 2.64 bits per heavy atom. The fourth-order valence-corrected chi connectivity index (χ4v) is 2.04. The van der Waals surface area contributed by atoms with Crippen LogP contribution in [0.5, 0.6) is 0 Å². The van der Waals surface area contributed by atoms with Crippen molar-refractivity contribution < 1.29 is 14.7 Å². The molecule has 0 bridgehead atoms. The molecule has 0 saturated carbocycles. The lowest BCUT2D eigenvalue weighted by Gasteiger charge is -2.18. The van der Waals surface area contributed by atoms with Crippen molar-refractivity contribution in [2.45, 2.75) is 19.9 Å². The van der Waals surface area contributed by atoms with E-state index in [1.165, 1.54) is 4.90 Å². The number of benzene rings is 1. The molecule has 7 nitrogen and oxygen atoms in total. The standard InChI is InChI=1S/C15H18N4O3/c1-2-18(9-8-14(20)21)15(22)13-11-19(17-16-13)10-12-6-4-3-5-7-12/h3-7,11H,2,8-10H2,1H3,(H,20,21). The zero-order valence-electron chi connectivity index (χ0n) is 12.3. The van der Waals surface area contributed by atoms with Crippen LogP contribution in [0.15, 0.2) is 36.5 Å². The monoisotopic (exact) mass is 302 g/mol. The van der Waals surface area contributed by atoms with Gasteiger partial charge < -0.3 is 10.0 Å². The molecular weight excluding hydrogens is 284 g/mol. The van der Waals surface area contributed by atoms with Gasteiger partial charge in [-0.1, -0.05) is 35.5 Å². The number of carbonyl (C=O) groups is 2. The average Bonchev–Trinajstić information content (AvgIpc) is 2.97. The van der Waals surface area contributed by atoms with Gasteiger partial charge in [0.05, 0.1) is 19.2 Å². The predicted octanol–water partition coefficient (Wildman–Crippen LogP) is 1.26. The van der Waals surface area contributed by atoms with Crippen LogP contribution in [0.1, 0.15) is 29.4 Å². The highest BCUT2D eigenvalue weighted by Crippen LogP contribution is 2.05. The second kappa shape index (κ2) is 7.35. The highest BCUT2D eigenvalue weighted by Gasteiger charge is 2.18. The van der Waals surface area contributed by atoms with Crippen LogP contribution in [-0.4, -0.2) is 50.0 Å². The molecule has 116 valence electrons. The lowest BCUT2D eigenvalue weighted by atomic mass is 10.2. The smallest absolute Gasteiger partial charge is 0.305 e. The quantitative estimate of drug-likeness (QED) is 0.832. The van der Waals surface area contributed by atoms with E-state index in [0.717, 1.165) is 5.56 Å². The van der Waals surface area contributed by atoms with Gasteiger partial charge in [-0.15, -0.1) is 5.10 Å². The van der Waals surface area contributed by atoms with E-state index in [2.05, 4.69) is 10.3 Å². The van der Waals surface area contributed by atoms with Gasteiger partial charge in [0.1, 0.15) is 0 Å². The molecule has 1 aromatic heterocycles. The van der Waals surface area contributed by atoms with Gasteiger partial charge >= 0.3 is 5.97 Å². The van der Waals surface area contributed by atoms with Crippen molar-refractivity contribution in [1.82, 2.24) is 19.9 Å². The second-order valence-electron chi connectivity index (χ2n) is 4.82. The van der Waals surface area contributed by atoms with Crippen molar-refractivity contribution >= 4 is 11.9 Å². The Morgan fingerprint density at radius 1 is 1.27 bits per heavy atom. The fourth-order valence-electron chi connectivity index (χ4n) is 2.04. The highest BCUT2D eigenvalue weighted by molar-refractivity contribution is 5.92. The van der Waals surface area contributed by atoms with Crippen LogP contribution in [-0.2, 0) is 11.3 Å². The second-order valence-corrected chi connectivity index (χ2v) is 4.82. The molecule has 0 spiro atoms. The first-order valence-electron chi connectivity index (χ1n) is 7.05. The Balaban J connectivity index is 2.03. The Bertz CT molecular complexity index is 639. The minimum Gasteiger partial charge on any atom is -0.481 e. The zero-order chi connectivity index (χ0) is 15.9. The minimum absolute atomic E-state index is 0.0856. The van der Waals surface area contributed by atoms with E-state index < -0.39 is 5.97 Å². The third kappa shape index (κ3) is 4.15. The molecule has 0 atom stereocenters. The van der Waals surface area contributed by atoms with Crippen LogP contribution in [0.25, 0.3) is 0 Å². The summed E-state index contributed by atoms with van der Waals surface area (Å²) in [5.41, 5.74) is 1.28. The number of aromatic nitrogens is 3. The first-order valence-corrected chi connectivity index (χ1v) is 7.05. The van der Waals surface area contributed by atoms with Gasteiger partial charge in [0.2, 0.25) is 0 Å². The third-order valence-corrected chi connectivity index (χ3v) is 3.21. The number of nitrogens with zero attached hydrogens (tertiary/aromatic N) is 4. The molecule has 1 aromatic carbocycles. The van der Waals surface area contributed by atoms with Gasteiger partial charge in [-0.3, -0.25) is 9.59 Å². The van der Waals surface area contributed by atoms with Crippen LogP contribution < -0.4 is 0 Å².